The molecule has 0 aliphatic rings. The Morgan fingerprint density at radius 3 is 3.00 bits per heavy atom. The maximum absolute atomic E-state index is 12.8. The minimum absolute atomic E-state index is 0.350. The van der Waals surface area contributed by atoms with Gasteiger partial charge in [-0.1, -0.05) is 0 Å². The Labute approximate surface area is 72.3 Å². The highest BCUT2D eigenvalue weighted by Crippen LogP contribution is 2.30. The van der Waals surface area contributed by atoms with Crippen LogP contribution in [0, 0.1) is 12.7 Å². The lowest BCUT2D eigenvalue weighted by molar-refractivity contribution is 0.438. The van der Waals surface area contributed by atoms with Crippen molar-refractivity contribution < 1.29 is 9.50 Å². The highest BCUT2D eigenvalue weighted by molar-refractivity contribution is 7.18. The van der Waals surface area contributed by atoms with Crippen molar-refractivity contribution in [3.63, 3.8) is 0 Å². The zero-order valence-corrected chi connectivity index (χ0v) is 7.15. The van der Waals surface area contributed by atoms with E-state index in [-0.39, 0.29) is 5.75 Å². The van der Waals surface area contributed by atoms with E-state index < -0.39 is 5.82 Å². The van der Waals surface area contributed by atoms with Gasteiger partial charge in [0, 0.05) is 0 Å². The molecule has 4 heteroatoms. The summed E-state index contributed by atoms with van der Waals surface area (Å²) in [4.78, 5) is 4.00. The average molecular weight is 183 g/mol. The Kier molecular flexibility index (Phi) is 1.51. The quantitative estimate of drug-likeness (QED) is 0.680. The zero-order valence-electron chi connectivity index (χ0n) is 6.34. The fraction of sp³-hybridized carbons (Fsp3) is 0.125. The molecule has 0 bridgehead atoms. The van der Waals surface area contributed by atoms with E-state index in [1.165, 1.54) is 17.4 Å². The number of hydrogen-bond donors (Lipinski definition) is 1. The van der Waals surface area contributed by atoms with Crippen molar-refractivity contribution in [1.82, 2.24) is 4.98 Å². The predicted molar refractivity (Wildman–Crippen MR) is 46.0 cm³/mol. The Hall–Kier alpha value is -1.16. The number of aromatic hydroxyl groups is 1. The third-order valence-electron chi connectivity index (χ3n) is 1.59. The van der Waals surface area contributed by atoms with Crippen LogP contribution in [-0.4, -0.2) is 10.1 Å². The van der Waals surface area contributed by atoms with Gasteiger partial charge >= 0.3 is 0 Å². The van der Waals surface area contributed by atoms with E-state index in [9.17, 15) is 9.50 Å². The van der Waals surface area contributed by atoms with Crippen LogP contribution >= 0.6 is 11.3 Å². The normalized spacial score (nSPS) is 10.8. The van der Waals surface area contributed by atoms with Crippen LogP contribution in [0.15, 0.2) is 12.1 Å². The minimum Gasteiger partial charge on any atom is -0.503 e. The largest absolute Gasteiger partial charge is 0.503 e. The summed E-state index contributed by atoms with van der Waals surface area (Å²) >= 11 is 1.44. The number of rotatable bonds is 0. The van der Waals surface area contributed by atoms with Crippen LogP contribution in [0.2, 0.25) is 0 Å². The first-order chi connectivity index (χ1) is 5.68. The van der Waals surface area contributed by atoms with Crippen LogP contribution in [0.3, 0.4) is 0 Å². The molecule has 12 heavy (non-hydrogen) atoms. The number of benzene rings is 1. The van der Waals surface area contributed by atoms with E-state index in [4.69, 9.17) is 0 Å². The van der Waals surface area contributed by atoms with Crippen LogP contribution in [-0.2, 0) is 0 Å². The Balaban J connectivity index is 2.89. The van der Waals surface area contributed by atoms with E-state index in [1.54, 1.807) is 6.07 Å². The van der Waals surface area contributed by atoms with Gasteiger partial charge in [0.05, 0.1) is 9.71 Å². The molecule has 1 N–H and O–H groups in total. The number of thiazole rings is 1. The molecule has 62 valence electrons. The van der Waals surface area contributed by atoms with Crippen molar-refractivity contribution in [3.8, 4) is 5.75 Å². The van der Waals surface area contributed by atoms with Crippen molar-refractivity contribution in [2.75, 3.05) is 0 Å². The van der Waals surface area contributed by atoms with Crippen LogP contribution in [0.1, 0.15) is 5.01 Å². The molecule has 1 aromatic carbocycles. The number of phenolic OH excluding ortho intramolecular Hbond substituents is 1. The molecule has 0 amide bonds. The lowest BCUT2D eigenvalue weighted by Gasteiger charge is -1.93. The molecule has 0 spiro atoms. The Bertz CT molecular complexity index is 438. The summed E-state index contributed by atoms with van der Waals surface area (Å²) in [7, 11) is 0. The third-order valence-corrected chi connectivity index (χ3v) is 2.53. The molecule has 0 atom stereocenters. The summed E-state index contributed by atoms with van der Waals surface area (Å²) in [6.45, 7) is 1.82. The highest BCUT2D eigenvalue weighted by atomic mass is 32.1. The number of fused-ring (bicyclic) bond motifs is 1. The average Bonchev–Trinajstić information content (AvgIpc) is 2.39. The molecular formula is C8H6FNOS. The van der Waals surface area contributed by atoms with Gasteiger partial charge in [0.15, 0.2) is 11.6 Å². The maximum Gasteiger partial charge on any atom is 0.179 e. The topological polar surface area (TPSA) is 33.1 Å². The van der Waals surface area contributed by atoms with Gasteiger partial charge in [-0.25, -0.2) is 9.37 Å². The van der Waals surface area contributed by atoms with Crippen LogP contribution in [0.5, 0.6) is 5.75 Å². The summed E-state index contributed by atoms with van der Waals surface area (Å²) in [5.41, 5.74) is 0.359. The van der Waals surface area contributed by atoms with Crippen molar-refractivity contribution in [3.05, 3.63) is 23.0 Å². The summed E-state index contributed by atoms with van der Waals surface area (Å²) < 4.78 is 13.6. The van der Waals surface area contributed by atoms with E-state index in [0.717, 1.165) is 9.71 Å². The van der Waals surface area contributed by atoms with Crippen LogP contribution < -0.4 is 0 Å². The molecule has 0 unspecified atom stereocenters. The molecule has 1 aromatic heterocycles. The molecule has 0 aliphatic carbocycles. The van der Waals surface area contributed by atoms with Gasteiger partial charge in [0.2, 0.25) is 0 Å². The van der Waals surface area contributed by atoms with Crippen molar-refractivity contribution in [1.29, 1.82) is 0 Å². The van der Waals surface area contributed by atoms with Crippen molar-refractivity contribution >= 4 is 21.6 Å². The Morgan fingerprint density at radius 2 is 2.25 bits per heavy atom. The summed E-state index contributed by atoms with van der Waals surface area (Å²) in [5.74, 6) is -0.968. The molecular weight excluding hydrogens is 177 g/mol. The van der Waals surface area contributed by atoms with Gasteiger partial charge in [-0.2, -0.15) is 0 Å². The number of aryl methyl sites for hydroxylation is 1. The summed E-state index contributed by atoms with van der Waals surface area (Å²) in [6, 6.07) is 2.87. The number of halogens is 1. The molecule has 0 radical (unpaired) electrons. The molecule has 2 rings (SSSR count). The van der Waals surface area contributed by atoms with Gasteiger partial charge in [0.1, 0.15) is 5.52 Å². The first-order valence-corrected chi connectivity index (χ1v) is 4.25. The van der Waals surface area contributed by atoms with Gasteiger partial charge in [0.25, 0.3) is 0 Å². The van der Waals surface area contributed by atoms with Crippen molar-refractivity contribution in [2.24, 2.45) is 0 Å². The molecule has 1 heterocycles. The van der Waals surface area contributed by atoms with Gasteiger partial charge < -0.3 is 5.11 Å². The lowest BCUT2D eigenvalue weighted by atomic mass is 10.3. The van der Waals surface area contributed by atoms with Crippen molar-refractivity contribution in [2.45, 2.75) is 6.92 Å². The lowest BCUT2D eigenvalue weighted by Crippen LogP contribution is -1.76. The van der Waals surface area contributed by atoms with Crippen LogP contribution in [0.25, 0.3) is 10.2 Å². The zero-order chi connectivity index (χ0) is 8.72. The monoisotopic (exact) mass is 183 g/mol. The van der Waals surface area contributed by atoms with Gasteiger partial charge in [-0.3, -0.25) is 0 Å². The van der Waals surface area contributed by atoms with E-state index in [1.807, 2.05) is 6.92 Å². The fourth-order valence-corrected chi connectivity index (χ4v) is 1.90. The highest BCUT2D eigenvalue weighted by Gasteiger charge is 2.09. The Morgan fingerprint density at radius 1 is 1.50 bits per heavy atom. The first-order valence-electron chi connectivity index (χ1n) is 3.43. The standard InChI is InChI=1S/C8H6FNOS/c1-4-10-7-6(12-4)3-2-5(9)8(7)11/h2-3,11H,1H3. The molecule has 0 saturated heterocycles. The van der Waals surface area contributed by atoms with Gasteiger partial charge in [-0.15, -0.1) is 11.3 Å². The molecule has 0 fully saturated rings. The molecule has 0 aliphatic heterocycles. The first kappa shape index (κ1) is 7.49. The smallest absolute Gasteiger partial charge is 0.179 e. The third kappa shape index (κ3) is 0.956. The molecule has 2 nitrogen and oxygen atoms in total. The second kappa shape index (κ2) is 2.42. The number of phenols is 1. The number of aromatic nitrogens is 1. The fourth-order valence-electron chi connectivity index (χ4n) is 1.07. The maximum atomic E-state index is 12.8. The summed E-state index contributed by atoms with van der Waals surface area (Å²) in [6.07, 6.45) is 0. The SMILES string of the molecule is Cc1nc2c(O)c(F)ccc2s1. The second-order valence-corrected chi connectivity index (χ2v) is 3.71. The number of nitrogens with zero attached hydrogens (tertiary/aromatic N) is 1. The van der Waals surface area contributed by atoms with Crippen LogP contribution in [0.4, 0.5) is 4.39 Å². The molecule has 0 saturated carbocycles. The van der Waals surface area contributed by atoms with E-state index >= 15 is 0 Å². The van der Waals surface area contributed by atoms with E-state index in [2.05, 4.69) is 4.98 Å². The minimum atomic E-state index is -0.618. The van der Waals surface area contributed by atoms with Gasteiger partial charge in [-0.05, 0) is 19.1 Å². The summed E-state index contributed by atoms with van der Waals surface area (Å²) in [5, 5.41) is 10.1. The second-order valence-electron chi connectivity index (χ2n) is 2.48. The predicted octanol–water partition coefficient (Wildman–Crippen LogP) is 2.45. The molecule has 2 aromatic rings. The van der Waals surface area contributed by atoms with E-state index in [0.29, 0.717) is 5.52 Å². The number of hydrogen-bond acceptors (Lipinski definition) is 3.